The summed E-state index contributed by atoms with van der Waals surface area (Å²) in [4.78, 5) is 19.6. The Morgan fingerprint density at radius 2 is 1.71 bits per heavy atom. The molecule has 0 atom stereocenters. The molecule has 168 valence electrons. The van der Waals surface area contributed by atoms with Gasteiger partial charge in [-0.1, -0.05) is 12.6 Å². The summed E-state index contributed by atoms with van der Waals surface area (Å²) in [6, 6.07) is 13.0. The summed E-state index contributed by atoms with van der Waals surface area (Å²) in [6.07, 6.45) is 2.16. The molecule has 8 nitrogen and oxygen atoms in total. The number of anilines is 5. The number of methoxy groups -OCH3 is 1. The van der Waals surface area contributed by atoms with Gasteiger partial charge in [-0.25, -0.2) is 9.37 Å². The van der Waals surface area contributed by atoms with Crippen LogP contribution >= 0.6 is 0 Å². The molecule has 0 saturated heterocycles. The molecule has 0 spiro atoms. The van der Waals surface area contributed by atoms with Gasteiger partial charge >= 0.3 is 0 Å². The van der Waals surface area contributed by atoms with Crippen LogP contribution in [-0.2, 0) is 9.53 Å². The molecule has 1 aromatic heterocycles. The van der Waals surface area contributed by atoms with Crippen LogP contribution in [-0.4, -0.2) is 65.2 Å². The average molecular weight is 463 g/mol. The van der Waals surface area contributed by atoms with E-state index in [2.05, 4.69) is 32.5 Å². The highest BCUT2D eigenvalue weighted by atomic mass is 19.1. The van der Waals surface area contributed by atoms with Crippen LogP contribution in [0.3, 0.4) is 0 Å². The molecule has 0 saturated carbocycles. The summed E-state index contributed by atoms with van der Waals surface area (Å²) in [7, 11) is 24.2. The predicted molar refractivity (Wildman–Crippen MR) is 136 cm³/mol. The molecule has 35 heavy (non-hydrogen) atoms. The van der Waals surface area contributed by atoms with E-state index in [1.54, 1.807) is 48.5 Å². The Morgan fingerprint density at radius 1 is 1.03 bits per heavy atom. The third-order valence-electron chi connectivity index (χ3n) is 4.67. The molecule has 0 unspecified atom stereocenters. The quantitative estimate of drug-likeness (QED) is 0.314. The maximum Gasteiger partial charge on any atom is 0.247 e. The first-order valence-electron chi connectivity index (χ1n) is 10.1. The van der Waals surface area contributed by atoms with Gasteiger partial charge in [0.05, 0.1) is 6.20 Å². The van der Waals surface area contributed by atoms with Crippen molar-refractivity contribution in [2.75, 3.05) is 23.1 Å². The molecule has 0 aliphatic rings. The highest BCUT2D eigenvalue weighted by molar-refractivity contribution is 6.53. The van der Waals surface area contributed by atoms with Crippen LogP contribution in [0, 0.1) is 5.82 Å². The van der Waals surface area contributed by atoms with Gasteiger partial charge in [-0.05, 0) is 48.5 Å². The first-order chi connectivity index (χ1) is 16.5. The minimum absolute atomic E-state index is 0.0764. The Bertz CT molecular complexity index is 1210. The molecule has 3 rings (SSSR count). The Labute approximate surface area is 207 Å². The molecule has 3 N–H and O–H groups in total. The van der Waals surface area contributed by atoms with Crippen LogP contribution < -0.4 is 20.7 Å². The SMILES string of the molecule is [B]C([B])(OC)C([B])([B])Oc1ccc(Nc2ncc(F)c(Nc3cccc(NC(=O)C=C)c3)n2)cc1. The predicted octanol–water partition coefficient (Wildman–Crippen LogP) is 2.23. The third kappa shape index (κ3) is 6.66. The fraction of sp³-hybridized carbons (Fsp3) is 0.136. The average Bonchev–Trinajstić information content (AvgIpc) is 2.82. The van der Waals surface area contributed by atoms with Crippen molar-refractivity contribution in [3.8, 4) is 5.75 Å². The van der Waals surface area contributed by atoms with Gasteiger partial charge in [0.1, 0.15) is 37.1 Å². The topological polar surface area (TPSA) is 97.4 Å². The van der Waals surface area contributed by atoms with Crippen LogP contribution in [0.4, 0.5) is 33.2 Å². The van der Waals surface area contributed by atoms with E-state index in [1.165, 1.54) is 7.11 Å². The van der Waals surface area contributed by atoms with Crippen molar-refractivity contribution in [1.29, 1.82) is 0 Å². The molecular formula is C22H18B4FN5O3. The standard InChI is InChI=1S/C22H18B4FN5O3/c1-3-18(33)29-14-5-4-6-15(11-14)30-19-17(27)12-28-20(32-19)31-13-7-9-16(10-8-13)35-22(25,26)21(23,24)34-2/h3-12H,1H2,2H3,(H,29,33)(H2,28,30,31,32). The monoisotopic (exact) mass is 463 g/mol. The fourth-order valence-corrected chi connectivity index (χ4v) is 2.69. The van der Waals surface area contributed by atoms with E-state index in [4.69, 9.17) is 40.9 Å². The molecule has 0 fully saturated rings. The second kappa shape index (κ2) is 10.7. The van der Waals surface area contributed by atoms with Crippen molar-refractivity contribution in [3.63, 3.8) is 0 Å². The minimum atomic E-state index is -2.01. The highest BCUT2D eigenvalue weighted by Gasteiger charge is 2.36. The molecule has 0 aliphatic carbocycles. The molecule has 1 amide bonds. The maximum atomic E-state index is 14.3. The number of halogens is 1. The van der Waals surface area contributed by atoms with Gasteiger partial charge in [0, 0.05) is 35.0 Å². The number of hydrogen-bond acceptors (Lipinski definition) is 7. The van der Waals surface area contributed by atoms with Crippen molar-refractivity contribution in [2.45, 2.75) is 10.8 Å². The molecule has 1 heterocycles. The number of aromatic nitrogens is 2. The molecule has 13 heteroatoms. The zero-order valence-electron chi connectivity index (χ0n) is 18.8. The van der Waals surface area contributed by atoms with Gasteiger partial charge in [-0.3, -0.25) is 4.79 Å². The summed E-state index contributed by atoms with van der Waals surface area (Å²) in [6.45, 7) is 3.40. The number of nitrogens with one attached hydrogen (secondary N) is 3. The van der Waals surface area contributed by atoms with Gasteiger partial charge in [0.15, 0.2) is 11.6 Å². The molecule has 0 bridgehead atoms. The van der Waals surface area contributed by atoms with Gasteiger partial charge in [-0.2, -0.15) is 4.98 Å². The Balaban J connectivity index is 1.71. The van der Waals surface area contributed by atoms with E-state index in [9.17, 15) is 9.18 Å². The number of hydrogen-bond donors (Lipinski definition) is 3. The number of ether oxygens (including phenoxy) is 2. The minimum Gasteiger partial charge on any atom is -0.506 e. The van der Waals surface area contributed by atoms with Crippen LogP contribution in [0.1, 0.15) is 0 Å². The summed E-state index contributed by atoms with van der Waals surface area (Å²) in [5.74, 6) is -0.734. The van der Waals surface area contributed by atoms with Crippen molar-refractivity contribution in [3.05, 3.63) is 73.2 Å². The Morgan fingerprint density at radius 3 is 2.37 bits per heavy atom. The summed E-state index contributed by atoms with van der Waals surface area (Å²) < 4.78 is 24.6. The van der Waals surface area contributed by atoms with E-state index < -0.39 is 16.6 Å². The Kier molecular flexibility index (Phi) is 7.91. The van der Waals surface area contributed by atoms with Crippen molar-refractivity contribution in [2.24, 2.45) is 0 Å². The summed E-state index contributed by atoms with van der Waals surface area (Å²) in [5, 5.41) is 4.48. The van der Waals surface area contributed by atoms with E-state index in [-0.39, 0.29) is 23.4 Å². The maximum absolute atomic E-state index is 14.3. The van der Waals surface area contributed by atoms with Gasteiger partial charge in [0.25, 0.3) is 0 Å². The highest BCUT2D eigenvalue weighted by Crippen LogP contribution is 2.26. The van der Waals surface area contributed by atoms with Crippen molar-refractivity contribution in [1.82, 2.24) is 9.97 Å². The first-order valence-corrected chi connectivity index (χ1v) is 10.1. The number of carbonyl (C=O) groups excluding carboxylic acids is 1. The van der Waals surface area contributed by atoms with Gasteiger partial charge in [-0.15, -0.1) is 0 Å². The van der Waals surface area contributed by atoms with E-state index in [1.807, 2.05) is 0 Å². The number of nitrogens with zero attached hydrogens (tertiary/aromatic N) is 2. The third-order valence-corrected chi connectivity index (χ3v) is 4.67. The lowest BCUT2D eigenvalue weighted by molar-refractivity contribution is -0.111. The Hall–Kier alpha value is -3.72. The second-order valence-corrected chi connectivity index (χ2v) is 7.33. The molecular weight excluding hydrogens is 445 g/mol. The lowest BCUT2D eigenvalue weighted by atomic mass is 9.42. The lowest BCUT2D eigenvalue weighted by Crippen LogP contribution is -2.61. The zero-order valence-corrected chi connectivity index (χ0v) is 18.8. The number of amides is 1. The largest absolute Gasteiger partial charge is 0.506 e. The smallest absolute Gasteiger partial charge is 0.247 e. The zero-order chi connectivity index (χ0) is 25.6. The van der Waals surface area contributed by atoms with Crippen LogP contribution in [0.25, 0.3) is 0 Å². The van der Waals surface area contributed by atoms with Gasteiger partial charge < -0.3 is 25.4 Å². The van der Waals surface area contributed by atoms with Gasteiger partial charge in [0.2, 0.25) is 11.9 Å². The normalized spacial score (nSPS) is 11.4. The molecule has 0 aliphatic heterocycles. The van der Waals surface area contributed by atoms with Crippen molar-refractivity contribution >= 4 is 66.1 Å². The molecule has 3 aromatic rings. The first kappa shape index (κ1) is 25.9. The van der Waals surface area contributed by atoms with E-state index in [0.29, 0.717) is 17.1 Å². The summed E-state index contributed by atoms with van der Waals surface area (Å²) in [5.41, 5.74) is 1.55. The van der Waals surface area contributed by atoms with Crippen LogP contribution in [0.15, 0.2) is 67.4 Å². The second-order valence-electron chi connectivity index (χ2n) is 7.33. The van der Waals surface area contributed by atoms with Crippen LogP contribution in [0.2, 0.25) is 0 Å². The number of benzene rings is 2. The van der Waals surface area contributed by atoms with E-state index >= 15 is 0 Å². The van der Waals surface area contributed by atoms with Crippen molar-refractivity contribution < 1.29 is 18.7 Å². The van der Waals surface area contributed by atoms with Crippen LogP contribution in [0.5, 0.6) is 5.75 Å². The fourth-order valence-electron chi connectivity index (χ4n) is 2.69. The lowest BCUT2D eigenvalue weighted by Gasteiger charge is -2.43. The number of rotatable bonds is 10. The molecule has 8 radical (unpaired) electrons. The van der Waals surface area contributed by atoms with E-state index in [0.717, 1.165) is 12.3 Å². The summed E-state index contributed by atoms with van der Waals surface area (Å²) >= 11 is 0. The molecule has 2 aromatic carbocycles. The number of carbonyl (C=O) groups is 1.